The lowest BCUT2D eigenvalue weighted by molar-refractivity contribution is -0.123. The maximum atomic E-state index is 12.4. The predicted octanol–water partition coefficient (Wildman–Crippen LogP) is 2.55. The SMILES string of the molecule is CC(OC(=O)c1ccc(=O)n(CCOc2ccccc2)n1)C(=O)Nc1cccnc1Cl. The normalized spacial score (nSPS) is 11.4. The van der Waals surface area contributed by atoms with Crippen molar-refractivity contribution in [1.82, 2.24) is 14.8 Å². The number of esters is 1. The van der Waals surface area contributed by atoms with Gasteiger partial charge in [0.25, 0.3) is 11.5 Å². The van der Waals surface area contributed by atoms with Gasteiger partial charge < -0.3 is 14.8 Å². The fourth-order valence-electron chi connectivity index (χ4n) is 2.47. The Morgan fingerprint density at radius 3 is 2.65 bits per heavy atom. The van der Waals surface area contributed by atoms with E-state index in [9.17, 15) is 14.4 Å². The third kappa shape index (κ3) is 6.13. The maximum Gasteiger partial charge on any atom is 0.359 e. The third-order valence-electron chi connectivity index (χ3n) is 4.06. The molecule has 31 heavy (non-hydrogen) atoms. The Hall–Kier alpha value is -3.72. The Morgan fingerprint density at radius 1 is 1.13 bits per heavy atom. The molecular formula is C21H19ClN4O5. The van der Waals surface area contributed by atoms with E-state index in [1.807, 2.05) is 18.2 Å². The van der Waals surface area contributed by atoms with Crippen LogP contribution >= 0.6 is 11.6 Å². The minimum atomic E-state index is -1.13. The number of anilines is 1. The van der Waals surface area contributed by atoms with Gasteiger partial charge in [0.2, 0.25) is 0 Å². The van der Waals surface area contributed by atoms with Crippen LogP contribution in [0.1, 0.15) is 17.4 Å². The number of carbonyl (C=O) groups excluding carboxylic acids is 2. The number of ether oxygens (including phenoxy) is 2. The zero-order valence-corrected chi connectivity index (χ0v) is 17.3. The molecule has 0 saturated carbocycles. The molecule has 3 aromatic rings. The monoisotopic (exact) mass is 442 g/mol. The van der Waals surface area contributed by atoms with Gasteiger partial charge in [0.15, 0.2) is 17.0 Å². The number of carbonyl (C=O) groups is 2. The Morgan fingerprint density at radius 2 is 1.90 bits per heavy atom. The first kappa shape index (κ1) is 22.0. The van der Waals surface area contributed by atoms with Gasteiger partial charge in [-0.25, -0.2) is 14.5 Å². The molecule has 2 heterocycles. The van der Waals surface area contributed by atoms with E-state index in [1.54, 1.807) is 24.3 Å². The molecule has 0 radical (unpaired) electrons. The second kappa shape index (κ2) is 10.4. The van der Waals surface area contributed by atoms with Crippen LogP contribution in [-0.2, 0) is 16.1 Å². The summed E-state index contributed by atoms with van der Waals surface area (Å²) in [6.45, 7) is 1.71. The van der Waals surface area contributed by atoms with E-state index in [-0.39, 0.29) is 24.0 Å². The molecule has 1 atom stereocenters. The van der Waals surface area contributed by atoms with Crippen LogP contribution in [0.4, 0.5) is 5.69 Å². The molecule has 0 aliphatic rings. The molecule has 10 heteroatoms. The number of rotatable bonds is 8. The van der Waals surface area contributed by atoms with Gasteiger partial charge in [-0.3, -0.25) is 9.59 Å². The highest BCUT2D eigenvalue weighted by molar-refractivity contribution is 6.32. The minimum absolute atomic E-state index is 0.112. The van der Waals surface area contributed by atoms with Crippen LogP contribution in [0.5, 0.6) is 5.75 Å². The average Bonchev–Trinajstić information content (AvgIpc) is 2.77. The molecule has 1 aromatic carbocycles. The van der Waals surface area contributed by atoms with E-state index in [2.05, 4.69) is 15.4 Å². The Balaban J connectivity index is 1.59. The van der Waals surface area contributed by atoms with Crippen molar-refractivity contribution in [2.75, 3.05) is 11.9 Å². The maximum absolute atomic E-state index is 12.4. The summed E-state index contributed by atoms with van der Waals surface area (Å²) in [5.74, 6) is -0.787. The lowest BCUT2D eigenvalue weighted by Crippen LogP contribution is -2.32. The van der Waals surface area contributed by atoms with E-state index in [1.165, 1.54) is 25.3 Å². The summed E-state index contributed by atoms with van der Waals surface area (Å²) < 4.78 is 11.8. The lowest BCUT2D eigenvalue weighted by Gasteiger charge is -2.14. The van der Waals surface area contributed by atoms with Crippen LogP contribution in [0, 0.1) is 0 Å². The zero-order valence-electron chi connectivity index (χ0n) is 16.5. The number of hydrogen-bond donors (Lipinski definition) is 1. The molecule has 0 spiro atoms. The molecule has 160 valence electrons. The molecule has 0 bridgehead atoms. The van der Waals surface area contributed by atoms with Crippen molar-refractivity contribution in [3.05, 3.63) is 82.0 Å². The van der Waals surface area contributed by atoms with Crippen molar-refractivity contribution in [2.45, 2.75) is 19.6 Å². The highest BCUT2D eigenvalue weighted by Crippen LogP contribution is 2.18. The standard InChI is InChI=1S/C21H19ClN4O5/c1-14(20(28)24-16-8-5-11-23-19(16)22)31-21(29)17-9-10-18(27)26(25-17)12-13-30-15-6-3-2-4-7-15/h2-11,14H,12-13H2,1H3,(H,24,28). The molecule has 1 amide bonds. The molecule has 1 unspecified atom stereocenters. The summed E-state index contributed by atoms with van der Waals surface area (Å²) in [5, 5.41) is 6.64. The zero-order chi connectivity index (χ0) is 22.2. The van der Waals surface area contributed by atoms with Gasteiger partial charge in [0, 0.05) is 12.3 Å². The number of benzene rings is 1. The van der Waals surface area contributed by atoms with Crippen molar-refractivity contribution >= 4 is 29.2 Å². The van der Waals surface area contributed by atoms with Crippen molar-refractivity contribution in [3.8, 4) is 5.75 Å². The molecule has 0 fully saturated rings. The van der Waals surface area contributed by atoms with Gasteiger partial charge in [-0.05, 0) is 37.3 Å². The number of nitrogens with zero attached hydrogens (tertiary/aromatic N) is 3. The summed E-state index contributed by atoms with van der Waals surface area (Å²) in [6.07, 6.45) is 0.347. The van der Waals surface area contributed by atoms with Gasteiger partial charge in [-0.15, -0.1) is 0 Å². The van der Waals surface area contributed by atoms with Gasteiger partial charge in [-0.2, -0.15) is 5.10 Å². The molecule has 0 aliphatic heterocycles. The molecular weight excluding hydrogens is 424 g/mol. The van der Waals surface area contributed by atoms with Crippen LogP contribution in [0.2, 0.25) is 5.15 Å². The quantitative estimate of drug-likeness (QED) is 0.421. The van der Waals surface area contributed by atoms with Gasteiger partial charge in [0.05, 0.1) is 12.2 Å². The predicted molar refractivity (Wildman–Crippen MR) is 113 cm³/mol. The molecule has 9 nitrogen and oxygen atoms in total. The van der Waals surface area contributed by atoms with Crippen LogP contribution in [0.3, 0.4) is 0 Å². The van der Waals surface area contributed by atoms with Gasteiger partial charge >= 0.3 is 5.97 Å². The van der Waals surface area contributed by atoms with Gasteiger partial charge in [-0.1, -0.05) is 29.8 Å². The fourth-order valence-corrected chi connectivity index (χ4v) is 2.64. The largest absolute Gasteiger partial charge is 0.492 e. The van der Waals surface area contributed by atoms with E-state index in [0.717, 1.165) is 4.68 Å². The molecule has 3 rings (SSSR count). The van der Waals surface area contributed by atoms with E-state index in [4.69, 9.17) is 21.1 Å². The smallest absolute Gasteiger partial charge is 0.359 e. The number of hydrogen-bond acceptors (Lipinski definition) is 7. The summed E-state index contributed by atoms with van der Waals surface area (Å²) in [7, 11) is 0. The highest BCUT2D eigenvalue weighted by Gasteiger charge is 2.21. The lowest BCUT2D eigenvalue weighted by atomic mass is 10.3. The summed E-state index contributed by atoms with van der Waals surface area (Å²) in [6, 6.07) is 14.7. The Bertz CT molecular complexity index is 1120. The van der Waals surface area contributed by atoms with Crippen LogP contribution in [-0.4, -0.2) is 39.4 Å². The molecule has 0 saturated heterocycles. The number of amides is 1. The summed E-state index contributed by atoms with van der Waals surface area (Å²) >= 11 is 5.90. The van der Waals surface area contributed by atoms with Crippen molar-refractivity contribution in [1.29, 1.82) is 0 Å². The number of nitrogens with one attached hydrogen (secondary N) is 1. The van der Waals surface area contributed by atoms with Crippen molar-refractivity contribution in [2.24, 2.45) is 0 Å². The molecule has 1 N–H and O–H groups in total. The first-order valence-corrected chi connectivity index (χ1v) is 9.70. The van der Waals surface area contributed by atoms with Crippen LogP contribution in [0.15, 0.2) is 65.6 Å². The second-order valence-corrected chi connectivity index (χ2v) is 6.68. The number of halogens is 1. The van der Waals surface area contributed by atoms with Gasteiger partial charge in [0.1, 0.15) is 12.4 Å². The van der Waals surface area contributed by atoms with Crippen LogP contribution in [0.25, 0.3) is 0 Å². The van der Waals surface area contributed by atoms with E-state index in [0.29, 0.717) is 11.4 Å². The van der Waals surface area contributed by atoms with Crippen molar-refractivity contribution < 1.29 is 19.1 Å². The Labute approximate surface area is 182 Å². The topological polar surface area (TPSA) is 112 Å². The van der Waals surface area contributed by atoms with Crippen LogP contribution < -0.4 is 15.6 Å². The molecule has 0 aliphatic carbocycles. The fraction of sp³-hybridized carbons (Fsp3) is 0.190. The molecule has 2 aromatic heterocycles. The number of aromatic nitrogens is 3. The van der Waals surface area contributed by atoms with E-state index < -0.39 is 23.5 Å². The summed E-state index contributed by atoms with van der Waals surface area (Å²) in [5.41, 5.74) is -0.217. The number of pyridine rings is 1. The average molecular weight is 443 g/mol. The first-order valence-electron chi connectivity index (χ1n) is 9.32. The van der Waals surface area contributed by atoms with Crippen molar-refractivity contribution in [3.63, 3.8) is 0 Å². The first-order chi connectivity index (χ1) is 14.9. The highest BCUT2D eigenvalue weighted by atomic mass is 35.5. The Kier molecular flexibility index (Phi) is 7.34. The number of para-hydroxylation sites is 1. The minimum Gasteiger partial charge on any atom is -0.492 e. The summed E-state index contributed by atoms with van der Waals surface area (Å²) in [4.78, 5) is 40.5. The third-order valence-corrected chi connectivity index (χ3v) is 4.36. The van der Waals surface area contributed by atoms with E-state index >= 15 is 0 Å². The second-order valence-electron chi connectivity index (χ2n) is 6.32.